The molecule has 2 nitrogen and oxygen atoms in total. The zero-order valence-corrected chi connectivity index (χ0v) is 16.5. The van der Waals surface area contributed by atoms with E-state index in [4.69, 9.17) is 0 Å². The predicted octanol–water partition coefficient (Wildman–Crippen LogP) is 5.45. The van der Waals surface area contributed by atoms with Crippen LogP contribution in [0.1, 0.15) is 45.1 Å². The van der Waals surface area contributed by atoms with Crippen molar-refractivity contribution in [2.45, 2.75) is 76.0 Å². The molecule has 0 unspecified atom stereocenters. The van der Waals surface area contributed by atoms with Gasteiger partial charge in [-0.05, 0) is 25.1 Å². The van der Waals surface area contributed by atoms with Crippen molar-refractivity contribution in [3.8, 4) is 0 Å². The van der Waals surface area contributed by atoms with Crippen molar-refractivity contribution >= 4 is 17.9 Å². The molecule has 0 aromatic heterocycles. The van der Waals surface area contributed by atoms with Crippen LogP contribution >= 0.6 is 0 Å². The summed E-state index contributed by atoms with van der Waals surface area (Å²) in [6, 6.07) is 10.7. The zero-order valence-electron chi connectivity index (χ0n) is 14.7. The molecule has 1 aromatic rings. The first-order chi connectivity index (χ1) is 10.3. The molecular weight excluding hydrogens is 308 g/mol. The third-order valence-electron chi connectivity index (χ3n) is 4.62. The Kier molecular flexibility index (Phi) is 7.84. The van der Waals surface area contributed by atoms with Gasteiger partial charge in [0.2, 0.25) is 0 Å². The molecule has 0 aliphatic heterocycles. The maximum absolute atomic E-state index is 12.6. The lowest BCUT2D eigenvalue weighted by molar-refractivity contribution is 0.597. The molecule has 0 aliphatic rings. The molecule has 0 aliphatic carbocycles. The van der Waals surface area contributed by atoms with E-state index >= 15 is 0 Å². The molecule has 4 heteroatoms. The van der Waals surface area contributed by atoms with Crippen molar-refractivity contribution in [1.29, 1.82) is 0 Å². The highest BCUT2D eigenvalue weighted by Crippen LogP contribution is 2.28. The maximum Gasteiger partial charge on any atom is 0.178 e. The third-order valence-corrected chi connectivity index (χ3v) is 11.3. The summed E-state index contributed by atoms with van der Waals surface area (Å²) in [6.45, 7) is 8.83. The molecule has 126 valence electrons. The van der Waals surface area contributed by atoms with E-state index in [1.54, 1.807) is 12.1 Å². The van der Waals surface area contributed by atoms with E-state index in [2.05, 4.69) is 20.4 Å². The van der Waals surface area contributed by atoms with Crippen molar-refractivity contribution < 1.29 is 8.42 Å². The predicted molar refractivity (Wildman–Crippen MR) is 99.1 cm³/mol. The molecule has 0 amide bonds. The highest BCUT2D eigenvalue weighted by molar-refractivity contribution is 7.91. The molecular formula is C18H32O2SSi. The van der Waals surface area contributed by atoms with Crippen LogP contribution in [-0.4, -0.2) is 22.2 Å². The fourth-order valence-corrected chi connectivity index (χ4v) is 9.82. The van der Waals surface area contributed by atoms with Gasteiger partial charge < -0.3 is 0 Å². The topological polar surface area (TPSA) is 34.1 Å². The molecule has 22 heavy (non-hydrogen) atoms. The van der Waals surface area contributed by atoms with Gasteiger partial charge in [-0.1, -0.05) is 75.9 Å². The molecule has 0 radical (unpaired) electrons. The van der Waals surface area contributed by atoms with Gasteiger partial charge in [0.05, 0.1) is 18.7 Å². The van der Waals surface area contributed by atoms with E-state index in [-0.39, 0.29) is 0 Å². The van der Waals surface area contributed by atoms with Crippen molar-refractivity contribution in [3.63, 3.8) is 0 Å². The lowest BCUT2D eigenvalue weighted by atomic mass is 10.2. The summed E-state index contributed by atoms with van der Waals surface area (Å²) < 4.78 is 25.1. The number of hydrogen-bond acceptors (Lipinski definition) is 2. The van der Waals surface area contributed by atoms with Crippen LogP contribution in [0.2, 0.25) is 24.7 Å². The lowest BCUT2D eigenvalue weighted by Crippen LogP contribution is -2.32. The molecule has 1 aromatic carbocycles. The maximum atomic E-state index is 12.6. The molecule has 0 fully saturated rings. The van der Waals surface area contributed by atoms with Gasteiger partial charge in [0.15, 0.2) is 9.84 Å². The lowest BCUT2D eigenvalue weighted by Gasteiger charge is -2.27. The molecule has 0 heterocycles. The fourth-order valence-electron chi connectivity index (χ4n) is 2.83. The minimum Gasteiger partial charge on any atom is -0.224 e. The Bertz CT molecular complexity index is 527. The van der Waals surface area contributed by atoms with Gasteiger partial charge in [-0.15, -0.1) is 0 Å². The number of rotatable bonds is 10. The largest absolute Gasteiger partial charge is 0.224 e. The quantitative estimate of drug-likeness (QED) is 0.531. The van der Waals surface area contributed by atoms with E-state index in [1.807, 2.05) is 19.1 Å². The minimum absolute atomic E-state index is 0.326. The van der Waals surface area contributed by atoms with Crippen LogP contribution in [0.4, 0.5) is 0 Å². The van der Waals surface area contributed by atoms with Gasteiger partial charge in [0.25, 0.3) is 0 Å². The SMILES string of the molecule is CCCC[Si](C)(CCCC)CCS(=O)(=O)c1ccc(C)cc1. The van der Waals surface area contributed by atoms with Gasteiger partial charge in [0, 0.05) is 0 Å². The molecule has 0 spiro atoms. The Morgan fingerprint density at radius 3 is 1.86 bits per heavy atom. The first-order valence-electron chi connectivity index (χ1n) is 8.62. The average molecular weight is 341 g/mol. The van der Waals surface area contributed by atoms with Crippen LogP contribution in [0.3, 0.4) is 0 Å². The van der Waals surface area contributed by atoms with Gasteiger partial charge >= 0.3 is 0 Å². The van der Waals surface area contributed by atoms with E-state index in [9.17, 15) is 8.42 Å². The summed E-state index contributed by atoms with van der Waals surface area (Å²) in [5.41, 5.74) is 1.10. The standard InChI is InChI=1S/C18H32O2SSi/c1-5-7-14-22(4,15-8-6-2)16-13-21(19,20)18-11-9-17(3)10-12-18/h9-12H,5-8,13-16H2,1-4H3. The first kappa shape index (κ1) is 19.4. The summed E-state index contributed by atoms with van der Waals surface area (Å²) in [7, 11) is -4.55. The Morgan fingerprint density at radius 1 is 0.909 bits per heavy atom. The van der Waals surface area contributed by atoms with E-state index in [1.165, 1.54) is 37.8 Å². The average Bonchev–Trinajstić information content (AvgIpc) is 2.50. The highest BCUT2D eigenvalue weighted by atomic mass is 32.2. The van der Waals surface area contributed by atoms with Gasteiger partial charge in [0.1, 0.15) is 0 Å². The fraction of sp³-hybridized carbons (Fsp3) is 0.667. The molecule has 0 atom stereocenters. The van der Waals surface area contributed by atoms with E-state index in [0.717, 1.165) is 11.6 Å². The number of hydrogen-bond donors (Lipinski definition) is 0. The monoisotopic (exact) mass is 340 g/mol. The summed E-state index contributed by atoms with van der Waals surface area (Å²) in [4.78, 5) is 0.487. The molecule has 0 saturated heterocycles. The number of sulfone groups is 1. The van der Waals surface area contributed by atoms with Crippen LogP contribution in [0.5, 0.6) is 0 Å². The van der Waals surface area contributed by atoms with Crippen LogP contribution < -0.4 is 0 Å². The van der Waals surface area contributed by atoms with Crippen LogP contribution in [-0.2, 0) is 9.84 Å². The molecule has 0 saturated carbocycles. The first-order valence-corrected chi connectivity index (χ1v) is 13.4. The second kappa shape index (κ2) is 8.87. The van der Waals surface area contributed by atoms with E-state index < -0.39 is 17.9 Å². The van der Waals surface area contributed by atoms with Crippen molar-refractivity contribution in [1.82, 2.24) is 0 Å². The second-order valence-corrected chi connectivity index (χ2v) is 14.1. The Labute approximate surface area is 138 Å². The highest BCUT2D eigenvalue weighted by Gasteiger charge is 2.28. The van der Waals surface area contributed by atoms with Crippen molar-refractivity contribution in [2.24, 2.45) is 0 Å². The van der Waals surface area contributed by atoms with Crippen LogP contribution in [0, 0.1) is 6.92 Å². The third kappa shape index (κ3) is 6.25. The van der Waals surface area contributed by atoms with Gasteiger partial charge in [-0.25, -0.2) is 8.42 Å². The number of unbranched alkanes of at least 4 members (excludes halogenated alkanes) is 2. The zero-order chi connectivity index (χ0) is 16.6. The molecule has 0 N–H and O–H groups in total. The summed E-state index contributed by atoms with van der Waals surface area (Å²) in [6.07, 6.45) is 4.91. The van der Waals surface area contributed by atoms with Crippen LogP contribution in [0.15, 0.2) is 29.2 Å². The smallest absolute Gasteiger partial charge is 0.178 e. The normalized spacial score (nSPS) is 12.5. The summed E-state index contributed by atoms with van der Waals surface area (Å²) >= 11 is 0. The second-order valence-electron chi connectivity index (χ2n) is 6.90. The van der Waals surface area contributed by atoms with Crippen LogP contribution in [0.25, 0.3) is 0 Å². The molecule has 0 bridgehead atoms. The summed E-state index contributed by atoms with van der Waals surface area (Å²) in [5, 5.41) is 0. The van der Waals surface area contributed by atoms with Gasteiger partial charge in [-0.2, -0.15) is 0 Å². The van der Waals surface area contributed by atoms with Crippen molar-refractivity contribution in [3.05, 3.63) is 29.8 Å². The van der Waals surface area contributed by atoms with Gasteiger partial charge in [-0.3, -0.25) is 0 Å². The van der Waals surface area contributed by atoms with Crippen molar-refractivity contribution in [2.75, 3.05) is 5.75 Å². The molecule has 1 rings (SSSR count). The number of aryl methyl sites for hydroxylation is 1. The Balaban J connectivity index is 2.75. The van der Waals surface area contributed by atoms with E-state index in [0.29, 0.717) is 10.6 Å². The summed E-state index contributed by atoms with van der Waals surface area (Å²) in [5.74, 6) is 0.326. The number of benzene rings is 1. The Morgan fingerprint density at radius 2 is 1.41 bits per heavy atom. The Hall–Kier alpha value is -0.613. The minimum atomic E-state index is -3.13.